The number of fused-ring (bicyclic) bond motifs is 1. The topological polar surface area (TPSA) is 51.0 Å². The van der Waals surface area contributed by atoms with Crippen molar-refractivity contribution in [3.8, 4) is 0 Å². The molecule has 1 amide bonds. The molecule has 0 bridgehead atoms. The van der Waals surface area contributed by atoms with Gasteiger partial charge < -0.3 is 4.57 Å². The number of aryl methyl sites for hydroxylation is 2. The molecule has 0 N–H and O–H groups in total. The van der Waals surface area contributed by atoms with E-state index in [-0.39, 0.29) is 18.3 Å². The van der Waals surface area contributed by atoms with Crippen molar-refractivity contribution in [1.29, 1.82) is 0 Å². The Morgan fingerprint density at radius 1 is 1.32 bits per heavy atom. The lowest BCUT2D eigenvalue weighted by molar-refractivity contribution is 0.0990. The number of nitrogens with zero attached hydrogens (tertiary/aromatic N) is 4. The van der Waals surface area contributed by atoms with Crippen molar-refractivity contribution < 1.29 is 4.79 Å². The Morgan fingerprint density at radius 3 is 2.89 bits per heavy atom. The summed E-state index contributed by atoms with van der Waals surface area (Å²) in [4.78, 5) is 24.4. The normalized spacial score (nSPS) is 10.8. The van der Waals surface area contributed by atoms with Crippen LogP contribution in [0.1, 0.15) is 21.7 Å². The zero-order chi connectivity index (χ0) is 18.8. The van der Waals surface area contributed by atoms with Gasteiger partial charge in [0.2, 0.25) is 0 Å². The van der Waals surface area contributed by atoms with Gasteiger partial charge in [0.15, 0.2) is 5.13 Å². The van der Waals surface area contributed by atoms with Crippen LogP contribution in [0.2, 0.25) is 5.02 Å². The van der Waals surface area contributed by atoms with Crippen molar-refractivity contribution in [1.82, 2.24) is 14.5 Å². The van der Waals surface area contributed by atoms with Crippen molar-refractivity contribution in [2.24, 2.45) is 0 Å². The van der Waals surface area contributed by atoms with Gasteiger partial charge in [-0.15, -0.1) is 23.7 Å². The van der Waals surface area contributed by atoms with Crippen LogP contribution in [0.25, 0.3) is 10.2 Å². The maximum atomic E-state index is 13.1. The predicted octanol–water partition coefficient (Wildman–Crippen LogP) is 5.68. The van der Waals surface area contributed by atoms with Crippen molar-refractivity contribution in [3.63, 3.8) is 0 Å². The summed E-state index contributed by atoms with van der Waals surface area (Å²) < 4.78 is 3.04. The smallest absolute Gasteiger partial charge is 0.270 e. The number of hydrogen-bond donors (Lipinski definition) is 0. The molecular formula is C19H18Cl2N4OS2. The molecule has 0 aliphatic rings. The molecule has 0 saturated carbocycles. The Kier molecular flexibility index (Phi) is 6.72. The van der Waals surface area contributed by atoms with Crippen LogP contribution in [0.3, 0.4) is 0 Å². The fourth-order valence-corrected chi connectivity index (χ4v) is 4.73. The monoisotopic (exact) mass is 452 g/mol. The van der Waals surface area contributed by atoms with E-state index < -0.39 is 0 Å². The van der Waals surface area contributed by atoms with Crippen LogP contribution < -0.4 is 4.90 Å². The fourth-order valence-electron chi connectivity index (χ4n) is 2.85. The quantitative estimate of drug-likeness (QED) is 0.378. The van der Waals surface area contributed by atoms with E-state index in [4.69, 9.17) is 16.6 Å². The molecule has 0 radical (unpaired) electrons. The predicted molar refractivity (Wildman–Crippen MR) is 119 cm³/mol. The lowest BCUT2D eigenvalue weighted by atomic mass is 10.2. The molecular weight excluding hydrogens is 435 g/mol. The van der Waals surface area contributed by atoms with E-state index in [0.717, 1.165) is 28.7 Å². The van der Waals surface area contributed by atoms with E-state index in [1.807, 2.05) is 47.3 Å². The second-order valence-electron chi connectivity index (χ2n) is 6.10. The second-order valence-corrected chi connectivity index (χ2v) is 8.47. The van der Waals surface area contributed by atoms with Gasteiger partial charge in [0.05, 0.1) is 21.4 Å². The number of thiazole rings is 1. The van der Waals surface area contributed by atoms with Crippen molar-refractivity contribution >= 4 is 67.9 Å². The molecule has 5 nitrogen and oxygen atoms in total. The van der Waals surface area contributed by atoms with Gasteiger partial charge in [-0.1, -0.05) is 29.0 Å². The van der Waals surface area contributed by atoms with E-state index in [1.165, 1.54) is 22.7 Å². The van der Waals surface area contributed by atoms with Gasteiger partial charge in [-0.2, -0.15) is 0 Å². The Labute approximate surface area is 182 Å². The number of hydrogen-bond acceptors (Lipinski definition) is 5. The van der Waals surface area contributed by atoms with E-state index in [1.54, 1.807) is 17.4 Å². The van der Waals surface area contributed by atoms with E-state index >= 15 is 0 Å². The summed E-state index contributed by atoms with van der Waals surface area (Å²) in [5, 5.41) is 3.31. The molecule has 28 heavy (non-hydrogen) atoms. The van der Waals surface area contributed by atoms with Crippen LogP contribution in [0.5, 0.6) is 0 Å². The summed E-state index contributed by atoms with van der Waals surface area (Å²) >= 11 is 9.21. The maximum absolute atomic E-state index is 13.1. The number of rotatable bonds is 6. The fraction of sp³-hybridized carbons (Fsp3) is 0.211. The minimum absolute atomic E-state index is 0. The molecule has 0 fully saturated rings. The van der Waals surface area contributed by atoms with Crippen molar-refractivity contribution in [3.05, 3.63) is 63.8 Å². The highest BCUT2D eigenvalue weighted by atomic mass is 35.5. The van der Waals surface area contributed by atoms with Gasteiger partial charge in [-0.05, 0) is 42.5 Å². The SMILES string of the molecule is Cc1c(Cl)ccc2sc(N(CCCn3ccnc3)C(=O)c3cccs3)nc12.Cl. The molecule has 3 heterocycles. The van der Waals surface area contributed by atoms with Crippen molar-refractivity contribution in [2.45, 2.75) is 19.9 Å². The molecule has 1 aromatic carbocycles. The second kappa shape index (κ2) is 9.05. The summed E-state index contributed by atoms with van der Waals surface area (Å²) in [5.74, 6) is -0.0153. The van der Waals surface area contributed by atoms with Crippen LogP contribution >= 0.6 is 46.7 Å². The number of thiophene rings is 1. The first-order chi connectivity index (χ1) is 13.1. The average molecular weight is 453 g/mol. The number of imidazole rings is 1. The zero-order valence-corrected chi connectivity index (χ0v) is 18.2. The number of aromatic nitrogens is 3. The van der Waals surface area contributed by atoms with Gasteiger partial charge in [-0.3, -0.25) is 9.69 Å². The summed E-state index contributed by atoms with van der Waals surface area (Å²) in [7, 11) is 0. The Morgan fingerprint density at radius 2 is 2.18 bits per heavy atom. The van der Waals surface area contributed by atoms with Gasteiger partial charge in [0.25, 0.3) is 5.91 Å². The third-order valence-corrected chi connectivity index (χ3v) is 6.61. The molecule has 9 heteroatoms. The summed E-state index contributed by atoms with van der Waals surface area (Å²) in [6, 6.07) is 7.59. The molecule has 0 aliphatic heterocycles. The first kappa shape index (κ1) is 20.8. The van der Waals surface area contributed by atoms with Crippen LogP contribution in [0.15, 0.2) is 48.4 Å². The highest BCUT2D eigenvalue weighted by molar-refractivity contribution is 7.22. The third kappa shape index (κ3) is 4.22. The van der Waals surface area contributed by atoms with Crippen LogP contribution in [0.4, 0.5) is 5.13 Å². The number of amides is 1. The van der Waals surface area contributed by atoms with Crippen LogP contribution in [-0.2, 0) is 6.54 Å². The molecule has 146 valence electrons. The van der Waals surface area contributed by atoms with E-state index in [9.17, 15) is 4.79 Å². The molecule has 4 rings (SSSR count). The van der Waals surface area contributed by atoms with Crippen LogP contribution in [0, 0.1) is 6.92 Å². The van der Waals surface area contributed by atoms with Gasteiger partial charge in [0.1, 0.15) is 0 Å². The number of carbonyl (C=O) groups is 1. The Bertz CT molecular complexity index is 1060. The lowest BCUT2D eigenvalue weighted by Crippen LogP contribution is -2.31. The molecule has 0 unspecified atom stereocenters. The Hall–Kier alpha value is -1.93. The molecule has 3 aromatic heterocycles. The standard InChI is InChI=1S/C19H17ClN4OS2.ClH/c1-13-14(20)5-6-15-17(13)22-19(27-15)24(18(25)16-4-2-11-26-16)9-3-8-23-10-7-21-12-23;/h2,4-7,10-12H,3,8-9H2,1H3;1H. The number of anilines is 1. The maximum Gasteiger partial charge on any atom is 0.270 e. The minimum atomic E-state index is -0.0153. The third-order valence-electron chi connectivity index (χ3n) is 4.30. The van der Waals surface area contributed by atoms with Crippen molar-refractivity contribution in [2.75, 3.05) is 11.4 Å². The summed E-state index contributed by atoms with van der Waals surface area (Å²) in [5.41, 5.74) is 1.81. The van der Waals surface area contributed by atoms with E-state index in [2.05, 4.69) is 4.98 Å². The summed E-state index contributed by atoms with van der Waals surface area (Å²) in [6.45, 7) is 3.34. The highest BCUT2D eigenvalue weighted by Crippen LogP contribution is 2.34. The zero-order valence-electron chi connectivity index (χ0n) is 15.0. The number of halogens is 2. The molecule has 0 aliphatic carbocycles. The first-order valence-electron chi connectivity index (χ1n) is 8.50. The largest absolute Gasteiger partial charge is 0.337 e. The number of benzene rings is 1. The number of carbonyl (C=O) groups excluding carboxylic acids is 1. The summed E-state index contributed by atoms with van der Waals surface area (Å²) in [6.07, 6.45) is 6.28. The lowest BCUT2D eigenvalue weighted by Gasteiger charge is -2.19. The molecule has 0 atom stereocenters. The highest BCUT2D eigenvalue weighted by Gasteiger charge is 2.22. The molecule has 0 spiro atoms. The first-order valence-corrected chi connectivity index (χ1v) is 10.6. The molecule has 0 saturated heterocycles. The molecule has 4 aromatic rings. The van der Waals surface area contributed by atoms with Gasteiger partial charge in [0, 0.05) is 30.5 Å². The average Bonchev–Trinajstić information content (AvgIpc) is 3.42. The minimum Gasteiger partial charge on any atom is -0.337 e. The van der Waals surface area contributed by atoms with Crippen LogP contribution in [-0.4, -0.2) is 27.0 Å². The Balaban J connectivity index is 0.00000225. The van der Waals surface area contributed by atoms with Gasteiger partial charge >= 0.3 is 0 Å². The van der Waals surface area contributed by atoms with Gasteiger partial charge in [-0.25, -0.2) is 9.97 Å². The van der Waals surface area contributed by atoms with E-state index in [0.29, 0.717) is 21.6 Å².